The molecule has 0 spiro atoms. The van der Waals surface area contributed by atoms with Crippen LogP contribution < -0.4 is 11.1 Å². The Morgan fingerprint density at radius 2 is 1.78 bits per heavy atom. The summed E-state index contributed by atoms with van der Waals surface area (Å²) in [6, 6.07) is 13.4. The minimum Gasteiger partial charge on any atom is -0.334 e. The molecular formula is C24H25F2N3O2S. The first-order valence-corrected chi connectivity index (χ1v) is 10.9. The lowest BCUT2D eigenvalue weighted by molar-refractivity contribution is 0.0672. The Morgan fingerprint density at radius 1 is 1.06 bits per heavy atom. The van der Waals surface area contributed by atoms with Crippen molar-refractivity contribution in [2.24, 2.45) is 11.1 Å². The maximum absolute atomic E-state index is 13.7. The minimum absolute atomic E-state index is 0.0718. The average Bonchev–Trinajstić information content (AvgIpc) is 3.27. The van der Waals surface area contributed by atoms with E-state index >= 15 is 0 Å². The van der Waals surface area contributed by atoms with Crippen LogP contribution in [0.5, 0.6) is 0 Å². The zero-order valence-corrected chi connectivity index (χ0v) is 18.7. The van der Waals surface area contributed by atoms with Crippen molar-refractivity contribution in [1.82, 2.24) is 4.90 Å². The highest BCUT2D eigenvalue weighted by molar-refractivity contribution is 7.12. The van der Waals surface area contributed by atoms with Gasteiger partial charge in [0.1, 0.15) is 11.6 Å². The van der Waals surface area contributed by atoms with Crippen LogP contribution in [0.3, 0.4) is 0 Å². The quantitative estimate of drug-likeness (QED) is 0.505. The average molecular weight is 458 g/mol. The van der Waals surface area contributed by atoms with Gasteiger partial charge in [-0.25, -0.2) is 8.78 Å². The first-order chi connectivity index (χ1) is 15.2. The van der Waals surface area contributed by atoms with Crippen LogP contribution in [0.25, 0.3) is 0 Å². The fraction of sp³-hybridized carbons (Fsp3) is 0.250. The fourth-order valence-corrected chi connectivity index (χ4v) is 3.83. The SMILES string of the molecule is CC(C)(CN)CN(Cc1cccc(NC(=O)c2cccs2)c1)C(=O)c1cc(F)cc(F)c1. The molecule has 1 heterocycles. The van der Waals surface area contributed by atoms with E-state index in [4.69, 9.17) is 5.73 Å². The number of nitrogens with one attached hydrogen (secondary N) is 1. The largest absolute Gasteiger partial charge is 0.334 e. The fourth-order valence-electron chi connectivity index (χ4n) is 3.21. The molecule has 0 bridgehead atoms. The molecule has 0 aliphatic heterocycles. The van der Waals surface area contributed by atoms with Crippen LogP contribution in [0.2, 0.25) is 0 Å². The number of carbonyl (C=O) groups excluding carboxylic acids is 2. The summed E-state index contributed by atoms with van der Waals surface area (Å²) < 4.78 is 27.4. The Hall–Kier alpha value is -3.10. The number of carbonyl (C=O) groups is 2. The molecule has 168 valence electrons. The van der Waals surface area contributed by atoms with Crippen LogP contribution in [-0.4, -0.2) is 29.8 Å². The van der Waals surface area contributed by atoms with Gasteiger partial charge in [0.2, 0.25) is 0 Å². The zero-order chi connectivity index (χ0) is 23.3. The van der Waals surface area contributed by atoms with Crippen molar-refractivity contribution in [3.05, 3.63) is 87.6 Å². The van der Waals surface area contributed by atoms with Crippen LogP contribution >= 0.6 is 11.3 Å². The molecule has 3 aromatic rings. The van der Waals surface area contributed by atoms with Crippen molar-refractivity contribution in [1.29, 1.82) is 0 Å². The van der Waals surface area contributed by atoms with Gasteiger partial charge in [0.25, 0.3) is 11.8 Å². The van der Waals surface area contributed by atoms with Gasteiger partial charge in [-0.15, -0.1) is 11.3 Å². The zero-order valence-electron chi connectivity index (χ0n) is 17.9. The third-order valence-electron chi connectivity index (χ3n) is 4.87. The number of thiophene rings is 1. The number of rotatable bonds is 8. The molecule has 0 saturated heterocycles. The monoisotopic (exact) mass is 457 g/mol. The maximum atomic E-state index is 13.7. The molecule has 8 heteroatoms. The molecule has 0 radical (unpaired) electrons. The highest BCUT2D eigenvalue weighted by atomic mass is 32.1. The number of anilines is 1. The second-order valence-electron chi connectivity index (χ2n) is 8.32. The molecule has 0 saturated carbocycles. The molecule has 0 atom stereocenters. The van der Waals surface area contributed by atoms with Crippen LogP contribution in [0.1, 0.15) is 39.4 Å². The summed E-state index contributed by atoms with van der Waals surface area (Å²) in [6.45, 7) is 4.62. The van der Waals surface area contributed by atoms with Gasteiger partial charge >= 0.3 is 0 Å². The maximum Gasteiger partial charge on any atom is 0.265 e. The second kappa shape index (κ2) is 10.0. The molecule has 2 amide bonds. The number of nitrogens with zero attached hydrogens (tertiary/aromatic N) is 1. The van der Waals surface area contributed by atoms with E-state index in [1.807, 2.05) is 25.3 Å². The molecule has 0 fully saturated rings. The standard InChI is InChI=1S/C24H25F2N3O2S/c1-24(2,14-27)15-29(23(31)17-10-18(25)12-19(26)11-17)13-16-5-3-6-20(9-16)28-22(30)21-7-4-8-32-21/h3-12H,13-15,27H2,1-2H3,(H,28,30). The molecule has 32 heavy (non-hydrogen) atoms. The highest BCUT2D eigenvalue weighted by Crippen LogP contribution is 2.22. The van der Waals surface area contributed by atoms with Crippen molar-refractivity contribution < 1.29 is 18.4 Å². The number of benzene rings is 2. The van der Waals surface area contributed by atoms with E-state index in [0.29, 0.717) is 17.1 Å². The number of hydrogen-bond donors (Lipinski definition) is 2. The molecule has 1 aromatic heterocycles. The van der Waals surface area contributed by atoms with Gasteiger partial charge in [-0.05, 0) is 53.2 Å². The van der Waals surface area contributed by atoms with Crippen LogP contribution in [0.15, 0.2) is 60.0 Å². The van der Waals surface area contributed by atoms with Crippen LogP contribution in [-0.2, 0) is 6.54 Å². The lowest BCUT2D eigenvalue weighted by atomic mass is 9.92. The van der Waals surface area contributed by atoms with Gasteiger partial charge < -0.3 is 16.0 Å². The molecule has 2 aromatic carbocycles. The van der Waals surface area contributed by atoms with Gasteiger partial charge in [-0.1, -0.05) is 32.0 Å². The summed E-state index contributed by atoms with van der Waals surface area (Å²) >= 11 is 1.34. The molecule has 5 nitrogen and oxygen atoms in total. The predicted molar refractivity (Wildman–Crippen MR) is 123 cm³/mol. The molecule has 0 unspecified atom stereocenters. The van der Waals surface area contributed by atoms with E-state index in [0.717, 1.165) is 23.8 Å². The summed E-state index contributed by atoms with van der Waals surface area (Å²) in [5.74, 6) is -2.35. The van der Waals surface area contributed by atoms with E-state index in [9.17, 15) is 18.4 Å². The predicted octanol–water partition coefficient (Wildman–Crippen LogP) is 4.91. The number of halogens is 2. The van der Waals surface area contributed by atoms with E-state index in [-0.39, 0.29) is 24.6 Å². The highest BCUT2D eigenvalue weighted by Gasteiger charge is 2.25. The van der Waals surface area contributed by atoms with Gasteiger partial charge in [0.05, 0.1) is 4.88 Å². The molecule has 0 aliphatic carbocycles. The van der Waals surface area contributed by atoms with E-state index in [1.165, 1.54) is 16.2 Å². The Balaban J connectivity index is 1.84. The van der Waals surface area contributed by atoms with E-state index < -0.39 is 23.0 Å². The van der Waals surface area contributed by atoms with Crippen molar-refractivity contribution >= 4 is 28.8 Å². The Labute approximate surface area is 189 Å². The third kappa shape index (κ3) is 6.21. The third-order valence-corrected chi connectivity index (χ3v) is 5.74. The lowest BCUT2D eigenvalue weighted by Crippen LogP contribution is -2.41. The second-order valence-corrected chi connectivity index (χ2v) is 9.27. The topological polar surface area (TPSA) is 75.4 Å². The van der Waals surface area contributed by atoms with Crippen molar-refractivity contribution in [2.75, 3.05) is 18.4 Å². The molecule has 3 rings (SSSR count). The van der Waals surface area contributed by atoms with Crippen molar-refractivity contribution in [2.45, 2.75) is 20.4 Å². The normalized spacial score (nSPS) is 11.3. The van der Waals surface area contributed by atoms with Gasteiger partial charge in [-0.3, -0.25) is 9.59 Å². The molecular weight excluding hydrogens is 432 g/mol. The van der Waals surface area contributed by atoms with Crippen molar-refractivity contribution in [3.63, 3.8) is 0 Å². The number of nitrogens with two attached hydrogens (primary N) is 1. The van der Waals surface area contributed by atoms with Gasteiger partial charge in [-0.2, -0.15) is 0 Å². The summed E-state index contributed by atoms with van der Waals surface area (Å²) in [4.78, 5) is 27.6. The first kappa shape index (κ1) is 23.6. The van der Waals surface area contributed by atoms with Crippen LogP contribution in [0.4, 0.5) is 14.5 Å². The Bertz CT molecular complexity index is 1080. The van der Waals surface area contributed by atoms with E-state index in [2.05, 4.69) is 5.32 Å². The summed E-state index contributed by atoms with van der Waals surface area (Å²) in [7, 11) is 0. The first-order valence-electron chi connectivity index (χ1n) is 10.1. The molecule has 3 N–H and O–H groups in total. The van der Waals surface area contributed by atoms with Gasteiger partial charge in [0.15, 0.2) is 0 Å². The van der Waals surface area contributed by atoms with Crippen LogP contribution in [0, 0.1) is 17.0 Å². The summed E-state index contributed by atoms with van der Waals surface area (Å²) in [5.41, 5.74) is 6.72. The lowest BCUT2D eigenvalue weighted by Gasteiger charge is -2.32. The number of amides is 2. The van der Waals surface area contributed by atoms with Crippen molar-refractivity contribution in [3.8, 4) is 0 Å². The van der Waals surface area contributed by atoms with Gasteiger partial charge in [0, 0.05) is 30.4 Å². The Kier molecular flexibility index (Phi) is 7.37. The van der Waals surface area contributed by atoms with E-state index in [1.54, 1.807) is 30.3 Å². The minimum atomic E-state index is -0.815. The summed E-state index contributed by atoms with van der Waals surface area (Å²) in [6.07, 6.45) is 0. The smallest absolute Gasteiger partial charge is 0.265 e. The summed E-state index contributed by atoms with van der Waals surface area (Å²) in [5, 5.41) is 4.66. The number of hydrogen-bond acceptors (Lipinski definition) is 4. The molecule has 0 aliphatic rings. The Morgan fingerprint density at radius 3 is 2.41 bits per heavy atom.